The predicted molar refractivity (Wildman–Crippen MR) is 249 cm³/mol. The first-order chi connectivity index (χ1) is 28.5. The van der Waals surface area contributed by atoms with Gasteiger partial charge in [0, 0.05) is 22.6 Å². The highest BCUT2D eigenvalue weighted by Crippen LogP contribution is 2.38. The highest BCUT2D eigenvalue weighted by molar-refractivity contribution is 5.93. The summed E-state index contributed by atoms with van der Waals surface area (Å²) >= 11 is 0. The van der Waals surface area contributed by atoms with E-state index in [-0.39, 0.29) is 6.61 Å². The summed E-state index contributed by atoms with van der Waals surface area (Å²) in [5.74, 6) is -0.391. The number of ether oxygens (including phenoxy) is 1. The van der Waals surface area contributed by atoms with Crippen LogP contribution in [0.2, 0.25) is 0 Å². The van der Waals surface area contributed by atoms with Crippen LogP contribution in [0.4, 0.5) is 17.1 Å². The number of rotatable bonds is 12. The Kier molecular flexibility index (Phi) is 12.3. The van der Waals surface area contributed by atoms with Crippen LogP contribution in [0, 0.1) is 34.6 Å². The van der Waals surface area contributed by atoms with Gasteiger partial charge >= 0.3 is 5.97 Å². The van der Waals surface area contributed by atoms with Crippen LogP contribution in [-0.4, -0.2) is 5.97 Å². The molecule has 7 aromatic carbocycles. The summed E-state index contributed by atoms with van der Waals surface area (Å²) in [6.07, 6.45) is 4.56. The lowest BCUT2D eigenvalue weighted by atomic mass is 9.93. The highest BCUT2D eigenvalue weighted by atomic mass is 16.5. The van der Waals surface area contributed by atoms with Gasteiger partial charge in [-0.25, -0.2) is 4.79 Å². The molecule has 292 valence electrons. The lowest BCUT2D eigenvalue weighted by Crippen LogP contribution is -2.12. The van der Waals surface area contributed by atoms with Crippen LogP contribution in [0.1, 0.15) is 73.7 Å². The largest absolute Gasteiger partial charge is 0.457 e. The molecular formula is C56H51NO2. The second-order valence-corrected chi connectivity index (χ2v) is 15.4. The van der Waals surface area contributed by atoms with E-state index in [2.05, 4.69) is 216 Å². The summed E-state index contributed by atoms with van der Waals surface area (Å²) < 4.78 is 5.49. The van der Waals surface area contributed by atoms with Crippen molar-refractivity contribution in [3.05, 3.63) is 243 Å². The van der Waals surface area contributed by atoms with Gasteiger partial charge in [-0.3, -0.25) is 0 Å². The first-order valence-electron chi connectivity index (χ1n) is 20.2. The van der Waals surface area contributed by atoms with Gasteiger partial charge in [0.15, 0.2) is 0 Å². The summed E-state index contributed by atoms with van der Waals surface area (Å²) in [5.41, 5.74) is 19.9. The van der Waals surface area contributed by atoms with Crippen molar-refractivity contribution in [3.8, 4) is 0 Å². The van der Waals surface area contributed by atoms with Crippen LogP contribution in [0.15, 0.2) is 176 Å². The van der Waals surface area contributed by atoms with Crippen molar-refractivity contribution >= 4 is 46.3 Å². The Balaban J connectivity index is 1.28. The Bertz CT molecular complexity index is 2520. The highest BCUT2D eigenvalue weighted by Gasteiger charge is 2.17. The third kappa shape index (κ3) is 9.60. The Hall–Kier alpha value is -6.97. The molecule has 0 unspecified atom stereocenters. The maximum absolute atomic E-state index is 12.2. The lowest BCUT2D eigenvalue weighted by molar-refractivity contribution is -0.140. The van der Waals surface area contributed by atoms with Gasteiger partial charge in [-0.2, -0.15) is 0 Å². The fourth-order valence-corrected chi connectivity index (χ4v) is 7.25. The van der Waals surface area contributed by atoms with Gasteiger partial charge in [0.1, 0.15) is 6.61 Å². The van der Waals surface area contributed by atoms with Gasteiger partial charge in [-0.1, -0.05) is 140 Å². The van der Waals surface area contributed by atoms with Crippen LogP contribution in [0.25, 0.3) is 23.3 Å². The van der Waals surface area contributed by atoms with Crippen molar-refractivity contribution in [2.75, 3.05) is 4.90 Å². The topological polar surface area (TPSA) is 29.5 Å². The minimum Gasteiger partial charge on any atom is -0.457 e. The second kappa shape index (κ2) is 18.1. The predicted octanol–water partition coefficient (Wildman–Crippen LogP) is 14.5. The zero-order valence-corrected chi connectivity index (χ0v) is 34.9. The molecule has 0 heterocycles. The zero-order chi connectivity index (χ0) is 41.5. The molecule has 0 saturated heterocycles. The molecule has 0 aliphatic carbocycles. The van der Waals surface area contributed by atoms with Gasteiger partial charge in [0.2, 0.25) is 0 Å². The maximum atomic E-state index is 12.2. The van der Waals surface area contributed by atoms with Gasteiger partial charge in [-0.05, 0) is 162 Å². The molecule has 3 nitrogen and oxygen atoms in total. The van der Waals surface area contributed by atoms with Crippen LogP contribution >= 0.6 is 0 Å². The second-order valence-electron chi connectivity index (χ2n) is 15.4. The van der Waals surface area contributed by atoms with E-state index in [1.807, 2.05) is 6.07 Å². The van der Waals surface area contributed by atoms with Crippen molar-refractivity contribution in [1.82, 2.24) is 0 Å². The number of anilines is 3. The molecule has 7 aromatic rings. The molecule has 3 heteroatoms. The SMILES string of the molecule is C=C(C)C(=O)OCc1ccc(N(c2ccc(/C=C(/c3ccccc3)c3ccc(C)c(C)c3)cc2)c2ccc(/C=C(/c3ccccc3)c3ccc(C)c(C)c3)cc2)c(C)c1. The van der Waals surface area contributed by atoms with Crippen molar-refractivity contribution in [3.63, 3.8) is 0 Å². The van der Waals surface area contributed by atoms with E-state index < -0.39 is 5.97 Å². The molecule has 0 spiro atoms. The maximum Gasteiger partial charge on any atom is 0.333 e. The molecule has 0 aliphatic rings. The minimum absolute atomic E-state index is 0.184. The third-order valence-corrected chi connectivity index (χ3v) is 11.0. The molecule has 0 aromatic heterocycles. The Labute approximate surface area is 350 Å². The molecule has 59 heavy (non-hydrogen) atoms. The van der Waals surface area contributed by atoms with Gasteiger partial charge < -0.3 is 9.64 Å². The average Bonchev–Trinajstić information content (AvgIpc) is 3.25. The summed E-state index contributed by atoms with van der Waals surface area (Å²) in [5, 5.41) is 0. The number of nitrogens with zero attached hydrogens (tertiary/aromatic N) is 1. The standard InChI is InChI=1S/C56H51NO2/c1-38(2)56(58)59-37-46-24-31-55(43(7)32-46)57(51-27-20-44(21-28-51)35-53(47-14-10-8-11-15-47)49-25-18-39(3)41(5)33-49)52-29-22-45(23-30-52)36-54(48-16-12-9-13-17-48)50-26-19-40(4)42(6)34-50/h8-36H,1,37H2,2-7H3/b53-35-,54-36-. The number of hydrogen-bond donors (Lipinski definition) is 0. The number of carbonyl (C=O) groups is 1. The van der Waals surface area contributed by atoms with Gasteiger partial charge in [0.05, 0.1) is 0 Å². The quantitative estimate of drug-likeness (QED) is 0.0704. The fraction of sp³-hybridized carbons (Fsp3) is 0.125. The molecule has 0 amide bonds. The first-order valence-corrected chi connectivity index (χ1v) is 20.2. The van der Waals surface area contributed by atoms with E-state index in [9.17, 15) is 4.79 Å². The molecule has 0 atom stereocenters. The Morgan fingerprint density at radius 1 is 0.508 bits per heavy atom. The Morgan fingerprint density at radius 3 is 1.37 bits per heavy atom. The first kappa shape index (κ1) is 40.2. The van der Waals surface area contributed by atoms with E-state index >= 15 is 0 Å². The molecule has 0 saturated carbocycles. The van der Waals surface area contributed by atoms with Crippen molar-refractivity contribution in [2.24, 2.45) is 0 Å². The lowest BCUT2D eigenvalue weighted by Gasteiger charge is -2.27. The van der Waals surface area contributed by atoms with Crippen molar-refractivity contribution in [1.29, 1.82) is 0 Å². The number of benzene rings is 7. The fourth-order valence-electron chi connectivity index (χ4n) is 7.25. The van der Waals surface area contributed by atoms with E-state index in [1.54, 1.807) is 6.92 Å². The van der Waals surface area contributed by atoms with E-state index in [4.69, 9.17) is 4.74 Å². The third-order valence-electron chi connectivity index (χ3n) is 11.0. The van der Waals surface area contributed by atoms with Crippen LogP contribution < -0.4 is 4.90 Å². The van der Waals surface area contributed by atoms with E-state index in [0.717, 1.165) is 39.3 Å². The monoisotopic (exact) mass is 769 g/mol. The summed E-state index contributed by atoms with van der Waals surface area (Å²) in [6.45, 7) is 16.3. The van der Waals surface area contributed by atoms with Crippen LogP contribution in [0.3, 0.4) is 0 Å². The smallest absolute Gasteiger partial charge is 0.333 e. The molecule has 0 aliphatic heterocycles. The minimum atomic E-state index is -0.391. The van der Waals surface area contributed by atoms with Gasteiger partial charge in [0.25, 0.3) is 0 Å². The van der Waals surface area contributed by atoms with E-state index in [0.29, 0.717) is 5.57 Å². The van der Waals surface area contributed by atoms with Crippen LogP contribution in [-0.2, 0) is 16.1 Å². The molecular weight excluding hydrogens is 719 g/mol. The molecule has 0 radical (unpaired) electrons. The molecule has 0 bridgehead atoms. The van der Waals surface area contributed by atoms with Gasteiger partial charge in [-0.15, -0.1) is 0 Å². The number of hydrogen-bond acceptors (Lipinski definition) is 3. The molecule has 0 N–H and O–H groups in total. The summed E-state index contributed by atoms with van der Waals surface area (Å²) in [4.78, 5) is 14.5. The molecule has 7 rings (SSSR count). The van der Waals surface area contributed by atoms with E-state index in [1.165, 1.54) is 55.7 Å². The zero-order valence-electron chi connectivity index (χ0n) is 34.9. The molecule has 0 fully saturated rings. The summed E-state index contributed by atoms with van der Waals surface area (Å²) in [7, 11) is 0. The number of esters is 1. The van der Waals surface area contributed by atoms with Crippen LogP contribution in [0.5, 0.6) is 0 Å². The average molecular weight is 770 g/mol. The Morgan fingerprint density at radius 2 is 0.966 bits per heavy atom. The van der Waals surface area contributed by atoms with Crippen molar-refractivity contribution < 1.29 is 9.53 Å². The number of carbonyl (C=O) groups excluding carboxylic acids is 1. The van der Waals surface area contributed by atoms with Crippen molar-refractivity contribution in [2.45, 2.75) is 48.1 Å². The normalized spacial score (nSPS) is 11.6. The number of aryl methyl sites for hydroxylation is 5. The summed E-state index contributed by atoms with van der Waals surface area (Å²) in [6, 6.07) is 58.4.